The molecule has 1 rings (SSSR count). The van der Waals surface area contributed by atoms with Gasteiger partial charge in [0.25, 0.3) is 0 Å². The SMILES string of the molecule is CN(Cc1ccc(C(N)=O)cc1)C(=O)CNC(C)(C)C. The Hall–Kier alpha value is -1.88. The third-order valence-corrected chi connectivity index (χ3v) is 2.85. The Labute approximate surface area is 120 Å². The Balaban J connectivity index is 2.55. The fourth-order valence-electron chi connectivity index (χ4n) is 1.61. The van der Waals surface area contributed by atoms with Gasteiger partial charge in [0, 0.05) is 24.7 Å². The molecule has 0 saturated heterocycles. The van der Waals surface area contributed by atoms with Gasteiger partial charge in [0.05, 0.1) is 6.54 Å². The average Bonchev–Trinajstić information content (AvgIpc) is 2.35. The van der Waals surface area contributed by atoms with Crippen LogP contribution >= 0.6 is 0 Å². The van der Waals surface area contributed by atoms with Crippen molar-refractivity contribution in [1.82, 2.24) is 10.2 Å². The number of primary amides is 1. The predicted molar refractivity (Wildman–Crippen MR) is 79.2 cm³/mol. The first-order valence-electron chi connectivity index (χ1n) is 6.57. The Bertz CT molecular complexity index is 475. The molecule has 0 spiro atoms. The number of nitrogens with zero attached hydrogens (tertiary/aromatic N) is 1. The van der Waals surface area contributed by atoms with Crippen LogP contribution in [0.25, 0.3) is 0 Å². The smallest absolute Gasteiger partial charge is 0.248 e. The lowest BCUT2D eigenvalue weighted by Crippen LogP contribution is -2.43. The van der Waals surface area contributed by atoms with Crippen molar-refractivity contribution in [2.75, 3.05) is 13.6 Å². The Morgan fingerprint density at radius 1 is 1.20 bits per heavy atom. The maximum atomic E-state index is 12.0. The largest absolute Gasteiger partial charge is 0.366 e. The molecule has 110 valence electrons. The van der Waals surface area contributed by atoms with Crippen molar-refractivity contribution in [3.63, 3.8) is 0 Å². The number of hydrogen-bond acceptors (Lipinski definition) is 3. The van der Waals surface area contributed by atoms with E-state index in [1.165, 1.54) is 0 Å². The zero-order valence-electron chi connectivity index (χ0n) is 12.6. The van der Waals surface area contributed by atoms with Crippen LogP contribution in [0.2, 0.25) is 0 Å². The molecule has 0 aliphatic rings. The highest BCUT2D eigenvalue weighted by Gasteiger charge is 2.14. The normalized spacial score (nSPS) is 11.2. The molecule has 0 saturated carbocycles. The summed E-state index contributed by atoms with van der Waals surface area (Å²) in [7, 11) is 1.76. The van der Waals surface area contributed by atoms with E-state index in [0.717, 1.165) is 5.56 Å². The van der Waals surface area contributed by atoms with E-state index < -0.39 is 5.91 Å². The van der Waals surface area contributed by atoms with Crippen molar-refractivity contribution in [3.8, 4) is 0 Å². The fourth-order valence-corrected chi connectivity index (χ4v) is 1.61. The van der Waals surface area contributed by atoms with Crippen LogP contribution in [0.15, 0.2) is 24.3 Å². The number of benzene rings is 1. The molecule has 3 N–H and O–H groups in total. The molecule has 0 heterocycles. The van der Waals surface area contributed by atoms with Crippen molar-refractivity contribution in [2.24, 2.45) is 5.73 Å². The molecule has 0 unspecified atom stereocenters. The lowest BCUT2D eigenvalue weighted by molar-refractivity contribution is -0.129. The summed E-state index contributed by atoms with van der Waals surface area (Å²) in [6.45, 7) is 6.86. The van der Waals surface area contributed by atoms with E-state index in [-0.39, 0.29) is 11.4 Å². The van der Waals surface area contributed by atoms with Crippen LogP contribution in [0.1, 0.15) is 36.7 Å². The van der Waals surface area contributed by atoms with Crippen molar-refractivity contribution in [3.05, 3.63) is 35.4 Å². The van der Waals surface area contributed by atoms with Crippen LogP contribution in [0.4, 0.5) is 0 Å². The van der Waals surface area contributed by atoms with Gasteiger partial charge >= 0.3 is 0 Å². The molecule has 0 aromatic heterocycles. The first kappa shape index (κ1) is 16.2. The number of amides is 2. The van der Waals surface area contributed by atoms with E-state index in [9.17, 15) is 9.59 Å². The van der Waals surface area contributed by atoms with Gasteiger partial charge in [0.2, 0.25) is 11.8 Å². The number of carbonyl (C=O) groups excluding carboxylic acids is 2. The fraction of sp³-hybridized carbons (Fsp3) is 0.467. The average molecular weight is 277 g/mol. The number of carbonyl (C=O) groups is 2. The Kier molecular flexibility index (Phi) is 5.27. The van der Waals surface area contributed by atoms with E-state index >= 15 is 0 Å². The molecule has 20 heavy (non-hydrogen) atoms. The second kappa shape index (κ2) is 6.52. The molecule has 2 amide bonds. The zero-order valence-corrected chi connectivity index (χ0v) is 12.6. The lowest BCUT2D eigenvalue weighted by Gasteiger charge is -2.23. The van der Waals surface area contributed by atoms with E-state index in [4.69, 9.17) is 5.73 Å². The van der Waals surface area contributed by atoms with E-state index in [2.05, 4.69) is 5.32 Å². The number of nitrogens with two attached hydrogens (primary N) is 1. The Morgan fingerprint density at radius 2 is 1.75 bits per heavy atom. The molecular weight excluding hydrogens is 254 g/mol. The minimum Gasteiger partial charge on any atom is -0.366 e. The predicted octanol–water partition coefficient (Wildman–Crippen LogP) is 1.13. The van der Waals surface area contributed by atoms with Gasteiger partial charge in [-0.15, -0.1) is 0 Å². The summed E-state index contributed by atoms with van der Waals surface area (Å²) in [5, 5.41) is 3.16. The molecule has 0 aliphatic carbocycles. The molecule has 0 aliphatic heterocycles. The standard InChI is InChI=1S/C15H23N3O2/c1-15(2,3)17-9-13(19)18(4)10-11-5-7-12(8-6-11)14(16)20/h5-8,17H,9-10H2,1-4H3,(H2,16,20). The summed E-state index contributed by atoms with van der Waals surface area (Å²) in [4.78, 5) is 24.6. The lowest BCUT2D eigenvalue weighted by atomic mass is 10.1. The van der Waals surface area contributed by atoms with Gasteiger partial charge in [-0.1, -0.05) is 12.1 Å². The number of rotatable bonds is 5. The molecule has 0 atom stereocenters. The first-order valence-corrected chi connectivity index (χ1v) is 6.57. The topological polar surface area (TPSA) is 75.4 Å². The number of nitrogens with one attached hydrogen (secondary N) is 1. The molecule has 0 bridgehead atoms. The molecule has 5 heteroatoms. The van der Waals surface area contributed by atoms with Crippen LogP contribution in [-0.4, -0.2) is 35.8 Å². The summed E-state index contributed by atoms with van der Waals surface area (Å²) in [6, 6.07) is 6.95. The first-order chi connectivity index (χ1) is 9.19. The van der Waals surface area contributed by atoms with Gasteiger partial charge in [-0.25, -0.2) is 0 Å². The molecular formula is C15H23N3O2. The van der Waals surface area contributed by atoms with Crippen LogP contribution in [0.3, 0.4) is 0 Å². The van der Waals surface area contributed by atoms with E-state index in [1.807, 2.05) is 20.8 Å². The molecule has 1 aromatic rings. The highest BCUT2D eigenvalue weighted by molar-refractivity contribution is 5.92. The second-order valence-corrected chi connectivity index (χ2v) is 5.91. The minimum absolute atomic E-state index is 0.0268. The van der Waals surface area contributed by atoms with Crippen LogP contribution < -0.4 is 11.1 Å². The van der Waals surface area contributed by atoms with E-state index in [0.29, 0.717) is 18.7 Å². The second-order valence-electron chi connectivity index (χ2n) is 5.91. The van der Waals surface area contributed by atoms with Crippen molar-refractivity contribution >= 4 is 11.8 Å². The molecule has 1 aromatic carbocycles. The summed E-state index contributed by atoms with van der Waals surface area (Å²) < 4.78 is 0. The van der Waals surface area contributed by atoms with Crippen molar-refractivity contribution in [2.45, 2.75) is 32.9 Å². The van der Waals surface area contributed by atoms with Gasteiger partial charge in [0.1, 0.15) is 0 Å². The highest BCUT2D eigenvalue weighted by Crippen LogP contribution is 2.07. The monoisotopic (exact) mass is 277 g/mol. The maximum absolute atomic E-state index is 12.0. The Morgan fingerprint density at radius 3 is 2.20 bits per heavy atom. The maximum Gasteiger partial charge on any atom is 0.248 e. The van der Waals surface area contributed by atoms with E-state index in [1.54, 1.807) is 36.2 Å². The van der Waals surface area contributed by atoms with Gasteiger partial charge in [-0.2, -0.15) is 0 Å². The zero-order chi connectivity index (χ0) is 15.3. The van der Waals surface area contributed by atoms with Crippen LogP contribution in [0, 0.1) is 0 Å². The van der Waals surface area contributed by atoms with Crippen molar-refractivity contribution < 1.29 is 9.59 Å². The quantitative estimate of drug-likeness (QED) is 0.847. The summed E-state index contributed by atoms with van der Waals surface area (Å²) >= 11 is 0. The molecule has 5 nitrogen and oxygen atoms in total. The highest BCUT2D eigenvalue weighted by atomic mass is 16.2. The van der Waals surface area contributed by atoms with Crippen molar-refractivity contribution in [1.29, 1.82) is 0 Å². The van der Waals surface area contributed by atoms with Crippen LogP contribution in [0.5, 0.6) is 0 Å². The number of hydrogen-bond donors (Lipinski definition) is 2. The minimum atomic E-state index is -0.449. The van der Waals surface area contributed by atoms with Crippen LogP contribution in [-0.2, 0) is 11.3 Å². The summed E-state index contributed by atoms with van der Waals surface area (Å²) in [5.41, 5.74) is 6.53. The third kappa shape index (κ3) is 5.40. The summed E-state index contributed by atoms with van der Waals surface area (Å²) in [6.07, 6.45) is 0. The molecule has 0 radical (unpaired) electrons. The third-order valence-electron chi connectivity index (χ3n) is 2.85. The van der Waals surface area contributed by atoms with Gasteiger partial charge in [-0.05, 0) is 38.5 Å². The molecule has 0 fully saturated rings. The summed E-state index contributed by atoms with van der Waals surface area (Å²) in [5.74, 6) is -0.422. The van der Waals surface area contributed by atoms with Gasteiger partial charge in [-0.3, -0.25) is 9.59 Å². The van der Waals surface area contributed by atoms with Gasteiger partial charge in [0.15, 0.2) is 0 Å². The van der Waals surface area contributed by atoms with Gasteiger partial charge < -0.3 is 16.0 Å². The number of likely N-dealkylation sites (N-methyl/N-ethyl adjacent to an activating group) is 1.